The summed E-state index contributed by atoms with van der Waals surface area (Å²) in [4.78, 5) is 39.2. The number of hydrogen-bond acceptors (Lipinski definition) is 4. The Morgan fingerprint density at radius 1 is 0.774 bits per heavy atom. The zero-order valence-electron chi connectivity index (χ0n) is 16.6. The molecule has 3 aromatic rings. The molecule has 0 atom stereocenters. The number of nitrogens with one attached hydrogen (secondary N) is 1. The van der Waals surface area contributed by atoms with Gasteiger partial charge in [-0.1, -0.05) is 78.9 Å². The SMILES string of the molecule is N=C1/C(=C/c2ccccc2)C(=O)N(CC(=O)c2ccccc2)N1C(=O)c1ccccc1. The molecule has 1 fully saturated rings. The first-order chi connectivity index (χ1) is 15.1. The van der Waals surface area contributed by atoms with E-state index in [1.54, 1.807) is 78.9 Å². The molecule has 6 nitrogen and oxygen atoms in total. The molecule has 0 aromatic heterocycles. The maximum absolute atomic E-state index is 13.2. The quantitative estimate of drug-likeness (QED) is 0.514. The lowest BCUT2D eigenvalue weighted by molar-refractivity contribution is -0.131. The van der Waals surface area contributed by atoms with E-state index in [4.69, 9.17) is 5.41 Å². The second-order valence-corrected chi connectivity index (χ2v) is 6.95. The van der Waals surface area contributed by atoms with Gasteiger partial charge >= 0.3 is 0 Å². The first-order valence-corrected chi connectivity index (χ1v) is 9.71. The predicted octanol–water partition coefficient (Wildman–Crippen LogP) is 3.83. The average molecular weight is 409 g/mol. The van der Waals surface area contributed by atoms with Gasteiger partial charge in [-0.2, -0.15) is 5.01 Å². The molecule has 0 aliphatic carbocycles. The lowest BCUT2D eigenvalue weighted by Crippen LogP contribution is -2.47. The van der Waals surface area contributed by atoms with E-state index in [0.717, 1.165) is 15.6 Å². The summed E-state index contributed by atoms with van der Waals surface area (Å²) in [6, 6.07) is 26.0. The van der Waals surface area contributed by atoms with Gasteiger partial charge in [-0.25, -0.2) is 5.01 Å². The van der Waals surface area contributed by atoms with Gasteiger partial charge in [0, 0.05) is 11.1 Å². The number of nitrogens with zero attached hydrogens (tertiary/aromatic N) is 2. The zero-order valence-corrected chi connectivity index (χ0v) is 16.6. The maximum Gasteiger partial charge on any atom is 0.278 e. The van der Waals surface area contributed by atoms with Gasteiger partial charge in [0.25, 0.3) is 11.8 Å². The number of amidine groups is 1. The number of carbonyl (C=O) groups is 3. The van der Waals surface area contributed by atoms with Crippen molar-refractivity contribution < 1.29 is 14.4 Å². The van der Waals surface area contributed by atoms with Crippen LogP contribution in [0.5, 0.6) is 0 Å². The minimum absolute atomic E-state index is 0.0522. The van der Waals surface area contributed by atoms with Gasteiger partial charge in [-0.3, -0.25) is 19.8 Å². The summed E-state index contributed by atoms with van der Waals surface area (Å²) >= 11 is 0. The van der Waals surface area contributed by atoms with Crippen molar-refractivity contribution in [2.45, 2.75) is 0 Å². The summed E-state index contributed by atoms with van der Waals surface area (Å²) in [5.41, 5.74) is 1.52. The standard InChI is InChI=1S/C25H19N3O3/c26-23-21(16-18-10-4-1-5-11-18)25(31)27(17-22(29)19-12-6-2-7-13-19)28(23)24(30)20-14-8-3-9-15-20/h1-16,26H,17H2/b21-16-,26-23?. The highest BCUT2D eigenvalue weighted by Gasteiger charge is 2.43. The minimum atomic E-state index is -0.567. The van der Waals surface area contributed by atoms with Gasteiger partial charge < -0.3 is 0 Å². The molecule has 4 rings (SSSR count). The Morgan fingerprint density at radius 3 is 1.87 bits per heavy atom. The molecule has 1 heterocycles. The van der Waals surface area contributed by atoms with Crippen LogP contribution >= 0.6 is 0 Å². The number of rotatable bonds is 5. The maximum atomic E-state index is 13.2. The van der Waals surface area contributed by atoms with E-state index < -0.39 is 11.8 Å². The van der Waals surface area contributed by atoms with Gasteiger partial charge in [-0.05, 0) is 23.8 Å². The van der Waals surface area contributed by atoms with Crippen molar-refractivity contribution in [2.24, 2.45) is 0 Å². The van der Waals surface area contributed by atoms with Crippen molar-refractivity contribution in [1.29, 1.82) is 5.41 Å². The van der Waals surface area contributed by atoms with Gasteiger partial charge in [0.15, 0.2) is 11.6 Å². The molecule has 1 saturated heterocycles. The topological polar surface area (TPSA) is 81.5 Å². The summed E-state index contributed by atoms with van der Waals surface area (Å²) in [5, 5.41) is 10.6. The number of hydrazine groups is 1. The summed E-state index contributed by atoms with van der Waals surface area (Å²) < 4.78 is 0. The molecule has 152 valence electrons. The molecule has 1 aliphatic rings. The van der Waals surface area contributed by atoms with Gasteiger partial charge in [0.05, 0.1) is 5.57 Å². The van der Waals surface area contributed by atoms with Crippen molar-refractivity contribution in [2.75, 3.05) is 6.54 Å². The zero-order chi connectivity index (χ0) is 21.8. The third kappa shape index (κ3) is 4.04. The normalized spacial score (nSPS) is 14.9. The second kappa shape index (κ2) is 8.59. The largest absolute Gasteiger partial charge is 0.292 e. The fourth-order valence-corrected chi connectivity index (χ4v) is 3.32. The van der Waals surface area contributed by atoms with E-state index in [0.29, 0.717) is 11.1 Å². The highest BCUT2D eigenvalue weighted by Crippen LogP contribution is 2.25. The lowest BCUT2D eigenvalue weighted by Gasteiger charge is -2.26. The molecule has 31 heavy (non-hydrogen) atoms. The summed E-state index contributed by atoms with van der Waals surface area (Å²) in [7, 11) is 0. The first kappa shape index (κ1) is 20.0. The van der Waals surface area contributed by atoms with Crippen LogP contribution in [0.1, 0.15) is 26.3 Å². The number of carbonyl (C=O) groups excluding carboxylic acids is 3. The molecule has 0 saturated carbocycles. The Labute approximate surface area is 179 Å². The monoisotopic (exact) mass is 409 g/mol. The van der Waals surface area contributed by atoms with Crippen LogP contribution in [0.4, 0.5) is 0 Å². The lowest BCUT2D eigenvalue weighted by atomic mass is 10.1. The first-order valence-electron chi connectivity index (χ1n) is 9.71. The molecule has 2 amide bonds. The number of benzene rings is 3. The molecule has 0 unspecified atom stereocenters. The summed E-state index contributed by atoms with van der Waals surface area (Å²) in [6.45, 7) is -0.351. The Morgan fingerprint density at radius 2 is 1.29 bits per heavy atom. The number of hydrogen-bond donors (Lipinski definition) is 1. The molecule has 0 spiro atoms. The fraction of sp³-hybridized carbons (Fsp3) is 0.0400. The number of Topliss-reactive ketones (excluding diaryl/α,β-unsaturated/α-hetero) is 1. The number of amides is 2. The van der Waals surface area contributed by atoms with Crippen molar-refractivity contribution in [3.05, 3.63) is 113 Å². The van der Waals surface area contributed by atoms with Crippen LogP contribution in [-0.2, 0) is 4.79 Å². The van der Waals surface area contributed by atoms with E-state index in [9.17, 15) is 14.4 Å². The molecule has 0 bridgehead atoms. The molecular weight excluding hydrogens is 390 g/mol. The van der Waals surface area contributed by atoms with E-state index >= 15 is 0 Å². The smallest absolute Gasteiger partial charge is 0.278 e. The Balaban J connectivity index is 1.72. The predicted molar refractivity (Wildman–Crippen MR) is 117 cm³/mol. The van der Waals surface area contributed by atoms with Crippen LogP contribution in [0.3, 0.4) is 0 Å². The third-order valence-electron chi connectivity index (χ3n) is 4.89. The van der Waals surface area contributed by atoms with E-state index in [1.165, 1.54) is 0 Å². The van der Waals surface area contributed by atoms with Crippen molar-refractivity contribution >= 4 is 29.5 Å². The second-order valence-electron chi connectivity index (χ2n) is 6.95. The van der Waals surface area contributed by atoms with Crippen LogP contribution in [-0.4, -0.2) is 40.0 Å². The Bertz CT molecular complexity index is 1170. The van der Waals surface area contributed by atoms with Crippen LogP contribution in [0.2, 0.25) is 0 Å². The van der Waals surface area contributed by atoms with Crippen LogP contribution in [0, 0.1) is 5.41 Å². The van der Waals surface area contributed by atoms with Gasteiger partial charge in [0.2, 0.25) is 0 Å². The van der Waals surface area contributed by atoms with E-state index in [-0.39, 0.29) is 23.7 Å². The van der Waals surface area contributed by atoms with Crippen molar-refractivity contribution in [1.82, 2.24) is 10.0 Å². The fourth-order valence-electron chi connectivity index (χ4n) is 3.32. The summed E-state index contributed by atoms with van der Waals surface area (Å²) in [6.07, 6.45) is 1.56. The van der Waals surface area contributed by atoms with Crippen molar-refractivity contribution in [3.63, 3.8) is 0 Å². The van der Waals surface area contributed by atoms with Crippen molar-refractivity contribution in [3.8, 4) is 0 Å². The molecule has 1 aliphatic heterocycles. The summed E-state index contributed by atoms with van der Waals surface area (Å²) in [5.74, 6) is -1.70. The highest BCUT2D eigenvalue weighted by atomic mass is 16.2. The Kier molecular flexibility index (Phi) is 5.53. The minimum Gasteiger partial charge on any atom is -0.292 e. The third-order valence-corrected chi connectivity index (χ3v) is 4.89. The van der Waals surface area contributed by atoms with Crippen LogP contribution in [0.25, 0.3) is 6.08 Å². The van der Waals surface area contributed by atoms with Gasteiger partial charge in [-0.15, -0.1) is 0 Å². The molecule has 3 aromatic carbocycles. The van der Waals surface area contributed by atoms with Gasteiger partial charge in [0.1, 0.15) is 6.54 Å². The number of ketones is 1. The van der Waals surface area contributed by atoms with Crippen LogP contribution in [0.15, 0.2) is 96.6 Å². The van der Waals surface area contributed by atoms with E-state index in [2.05, 4.69) is 0 Å². The molecule has 0 radical (unpaired) electrons. The average Bonchev–Trinajstić information content (AvgIpc) is 3.04. The highest BCUT2D eigenvalue weighted by molar-refractivity contribution is 6.31. The van der Waals surface area contributed by atoms with Crippen LogP contribution < -0.4 is 0 Å². The van der Waals surface area contributed by atoms with E-state index in [1.807, 2.05) is 18.2 Å². The molecule has 6 heteroatoms. The molecule has 1 N–H and O–H groups in total. The Hall–Kier alpha value is -4.32. The molecular formula is C25H19N3O3.